The summed E-state index contributed by atoms with van der Waals surface area (Å²) in [6, 6.07) is 15.2. The Hall–Kier alpha value is -1.85. The minimum Gasteiger partial charge on any atom is -0.356 e. The molecule has 0 fully saturated rings. The summed E-state index contributed by atoms with van der Waals surface area (Å²) in [6.45, 7) is 3.92. The second-order valence-electron chi connectivity index (χ2n) is 6.14. The van der Waals surface area contributed by atoms with Crippen LogP contribution in [0.3, 0.4) is 0 Å². The molecule has 130 valence electrons. The maximum Gasteiger partial charge on any atom is 0.191 e. The number of hydrogen-bond acceptors (Lipinski definition) is 3. The van der Waals surface area contributed by atoms with Crippen LogP contribution in [0.15, 0.2) is 52.8 Å². The summed E-state index contributed by atoms with van der Waals surface area (Å²) in [6.07, 6.45) is 0. The molecule has 0 aliphatic rings. The van der Waals surface area contributed by atoms with Crippen LogP contribution >= 0.6 is 11.3 Å². The standard InChI is InChI=1S/C19H28N4S/c1-15(18-11-8-12-24-18)13-21-19(20-2)22-14-17(23(3)4)16-9-6-5-7-10-16/h5-12,15,17H,13-14H2,1-4H3,(H2,20,21,22). The van der Waals surface area contributed by atoms with Crippen molar-refractivity contribution < 1.29 is 0 Å². The van der Waals surface area contributed by atoms with Crippen molar-refractivity contribution in [2.45, 2.75) is 18.9 Å². The first-order chi connectivity index (χ1) is 11.6. The number of nitrogens with one attached hydrogen (secondary N) is 2. The average Bonchev–Trinajstić information content (AvgIpc) is 3.13. The van der Waals surface area contributed by atoms with Gasteiger partial charge in [0.15, 0.2) is 5.96 Å². The van der Waals surface area contributed by atoms with E-state index < -0.39 is 0 Å². The number of thiophene rings is 1. The van der Waals surface area contributed by atoms with Crippen molar-refractivity contribution in [1.82, 2.24) is 15.5 Å². The van der Waals surface area contributed by atoms with Gasteiger partial charge in [0, 0.05) is 30.9 Å². The minimum absolute atomic E-state index is 0.305. The number of aliphatic imine (C=N–C) groups is 1. The molecule has 4 nitrogen and oxygen atoms in total. The molecule has 2 unspecified atom stereocenters. The Morgan fingerprint density at radius 3 is 2.38 bits per heavy atom. The van der Waals surface area contributed by atoms with Crippen LogP contribution < -0.4 is 10.6 Å². The third-order valence-corrected chi connectivity index (χ3v) is 5.20. The van der Waals surface area contributed by atoms with Crippen LogP contribution in [0, 0.1) is 0 Å². The van der Waals surface area contributed by atoms with Crippen LogP contribution in [0.5, 0.6) is 0 Å². The van der Waals surface area contributed by atoms with Gasteiger partial charge in [-0.3, -0.25) is 4.99 Å². The van der Waals surface area contributed by atoms with Gasteiger partial charge in [-0.15, -0.1) is 11.3 Å². The average molecular weight is 345 g/mol. The quantitative estimate of drug-likeness (QED) is 0.598. The molecule has 2 aromatic rings. The first-order valence-corrected chi connectivity index (χ1v) is 9.19. The third-order valence-electron chi connectivity index (χ3n) is 4.10. The number of nitrogens with zero attached hydrogens (tertiary/aromatic N) is 2. The molecule has 5 heteroatoms. The van der Waals surface area contributed by atoms with Crippen molar-refractivity contribution in [2.75, 3.05) is 34.2 Å². The van der Waals surface area contributed by atoms with Gasteiger partial charge in [0.05, 0.1) is 6.04 Å². The third kappa shape index (κ3) is 5.35. The molecule has 0 spiro atoms. The molecule has 0 radical (unpaired) electrons. The van der Waals surface area contributed by atoms with Gasteiger partial charge in [0.25, 0.3) is 0 Å². The summed E-state index contributed by atoms with van der Waals surface area (Å²) in [5.74, 6) is 1.32. The maximum atomic E-state index is 4.35. The van der Waals surface area contributed by atoms with Gasteiger partial charge < -0.3 is 15.5 Å². The van der Waals surface area contributed by atoms with Crippen molar-refractivity contribution >= 4 is 17.3 Å². The van der Waals surface area contributed by atoms with Crippen LogP contribution in [0.4, 0.5) is 0 Å². The monoisotopic (exact) mass is 344 g/mol. The highest BCUT2D eigenvalue weighted by atomic mass is 32.1. The van der Waals surface area contributed by atoms with Crippen LogP contribution in [-0.4, -0.2) is 45.1 Å². The van der Waals surface area contributed by atoms with E-state index in [4.69, 9.17) is 0 Å². The van der Waals surface area contributed by atoms with Crippen LogP contribution in [0.25, 0.3) is 0 Å². The Labute approximate surface area is 149 Å². The van der Waals surface area contributed by atoms with Gasteiger partial charge in [0.2, 0.25) is 0 Å². The van der Waals surface area contributed by atoms with E-state index in [9.17, 15) is 0 Å². The zero-order valence-corrected chi connectivity index (χ0v) is 15.8. The van der Waals surface area contributed by atoms with Crippen LogP contribution in [-0.2, 0) is 0 Å². The summed E-state index contributed by atoms with van der Waals surface area (Å²) in [5, 5.41) is 9.01. The van der Waals surface area contributed by atoms with Gasteiger partial charge in [-0.1, -0.05) is 43.3 Å². The van der Waals surface area contributed by atoms with Gasteiger partial charge in [0.1, 0.15) is 0 Å². The molecule has 0 aliphatic heterocycles. The van der Waals surface area contributed by atoms with Crippen molar-refractivity contribution in [3.63, 3.8) is 0 Å². The maximum absolute atomic E-state index is 4.35. The Morgan fingerprint density at radius 1 is 1.08 bits per heavy atom. The molecule has 2 atom stereocenters. The molecule has 0 saturated carbocycles. The lowest BCUT2D eigenvalue weighted by Crippen LogP contribution is -2.42. The Balaban J connectivity index is 1.88. The number of likely N-dealkylation sites (N-methyl/N-ethyl adjacent to an activating group) is 1. The molecule has 1 heterocycles. The lowest BCUT2D eigenvalue weighted by molar-refractivity contribution is 0.298. The number of rotatable bonds is 7. The molecular weight excluding hydrogens is 316 g/mol. The molecule has 2 rings (SSSR count). The molecule has 0 saturated heterocycles. The van der Waals surface area contributed by atoms with Crippen LogP contribution in [0.1, 0.15) is 29.3 Å². The highest BCUT2D eigenvalue weighted by Crippen LogP contribution is 2.19. The molecule has 0 aliphatic carbocycles. The molecular formula is C19H28N4S. The highest BCUT2D eigenvalue weighted by molar-refractivity contribution is 7.10. The highest BCUT2D eigenvalue weighted by Gasteiger charge is 2.14. The largest absolute Gasteiger partial charge is 0.356 e. The van der Waals surface area contributed by atoms with Gasteiger partial charge in [-0.2, -0.15) is 0 Å². The van der Waals surface area contributed by atoms with E-state index in [2.05, 4.69) is 89.4 Å². The van der Waals surface area contributed by atoms with Gasteiger partial charge >= 0.3 is 0 Å². The van der Waals surface area contributed by atoms with Crippen molar-refractivity contribution in [1.29, 1.82) is 0 Å². The summed E-state index contributed by atoms with van der Waals surface area (Å²) >= 11 is 1.80. The number of hydrogen-bond donors (Lipinski definition) is 2. The van der Waals surface area contributed by atoms with Crippen molar-refractivity contribution in [3.05, 3.63) is 58.3 Å². The number of guanidine groups is 1. The van der Waals surface area contributed by atoms with E-state index in [0.29, 0.717) is 12.0 Å². The SMILES string of the molecule is CN=C(NCC(C)c1cccs1)NCC(c1ccccc1)N(C)C. The lowest BCUT2D eigenvalue weighted by Gasteiger charge is -2.26. The first kappa shape index (κ1) is 18.5. The second kappa shape index (κ2) is 9.45. The Bertz CT molecular complexity index is 608. The van der Waals surface area contributed by atoms with E-state index in [1.807, 2.05) is 7.05 Å². The first-order valence-electron chi connectivity index (χ1n) is 8.31. The Kier molecular flexibility index (Phi) is 7.28. The zero-order chi connectivity index (χ0) is 17.4. The summed E-state index contributed by atoms with van der Waals surface area (Å²) < 4.78 is 0. The smallest absolute Gasteiger partial charge is 0.191 e. The van der Waals surface area contributed by atoms with E-state index in [0.717, 1.165) is 19.0 Å². The van der Waals surface area contributed by atoms with Gasteiger partial charge in [-0.25, -0.2) is 0 Å². The molecule has 2 N–H and O–H groups in total. The predicted octanol–water partition coefficient (Wildman–Crippen LogP) is 3.32. The summed E-state index contributed by atoms with van der Waals surface area (Å²) in [7, 11) is 6.03. The predicted molar refractivity (Wildman–Crippen MR) is 105 cm³/mol. The fraction of sp³-hybridized carbons (Fsp3) is 0.421. The van der Waals surface area contributed by atoms with Crippen molar-refractivity contribution in [3.8, 4) is 0 Å². The normalized spacial score (nSPS) is 14.5. The van der Waals surface area contributed by atoms with E-state index >= 15 is 0 Å². The van der Waals surface area contributed by atoms with Crippen molar-refractivity contribution in [2.24, 2.45) is 4.99 Å². The minimum atomic E-state index is 0.305. The summed E-state index contributed by atoms with van der Waals surface area (Å²) in [4.78, 5) is 7.97. The van der Waals surface area contributed by atoms with Gasteiger partial charge in [-0.05, 0) is 31.1 Å². The zero-order valence-electron chi connectivity index (χ0n) is 15.0. The fourth-order valence-electron chi connectivity index (χ4n) is 2.61. The van der Waals surface area contributed by atoms with E-state index in [1.54, 1.807) is 11.3 Å². The molecule has 24 heavy (non-hydrogen) atoms. The van der Waals surface area contributed by atoms with E-state index in [1.165, 1.54) is 10.4 Å². The summed E-state index contributed by atoms with van der Waals surface area (Å²) in [5.41, 5.74) is 1.30. The van der Waals surface area contributed by atoms with E-state index in [-0.39, 0.29) is 0 Å². The molecule has 1 aromatic carbocycles. The molecule has 0 amide bonds. The fourth-order valence-corrected chi connectivity index (χ4v) is 3.40. The molecule has 0 bridgehead atoms. The van der Waals surface area contributed by atoms with Crippen LogP contribution in [0.2, 0.25) is 0 Å². The molecule has 1 aromatic heterocycles. The second-order valence-corrected chi connectivity index (χ2v) is 7.12. The topological polar surface area (TPSA) is 39.7 Å². The lowest BCUT2D eigenvalue weighted by atomic mass is 10.1. The Morgan fingerprint density at radius 2 is 1.79 bits per heavy atom. The number of benzene rings is 1.